The number of likely N-dealkylation sites (N-methyl/N-ethyl adjacent to an activating group) is 1. The Labute approximate surface area is 139 Å². The third-order valence-corrected chi connectivity index (χ3v) is 4.90. The van der Waals surface area contributed by atoms with Gasteiger partial charge in [0.2, 0.25) is 0 Å². The van der Waals surface area contributed by atoms with Crippen LogP contribution < -0.4 is 5.32 Å². The summed E-state index contributed by atoms with van der Waals surface area (Å²) >= 11 is 0. The average molecular weight is 312 g/mol. The Morgan fingerprint density at radius 2 is 1.83 bits per heavy atom. The fourth-order valence-electron chi connectivity index (χ4n) is 3.78. The monoisotopic (exact) mass is 312 g/mol. The summed E-state index contributed by atoms with van der Waals surface area (Å²) in [5.74, 6) is 1.07. The van der Waals surface area contributed by atoms with E-state index in [-0.39, 0.29) is 0 Å². The number of aryl methyl sites for hydroxylation is 1. The Kier molecular flexibility index (Phi) is 5.13. The lowest BCUT2D eigenvalue weighted by Gasteiger charge is -2.35. The van der Waals surface area contributed by atoms with Crippen LogP contribution in [0, 0.1) is 6.92 Å². The predicted octanol–water partition coefficient (Wildman–Crippen LogP) is 3.14. The van der Waals surface area contributed by atoms with E-state index in [2.05, 4.69) is 59.1 Å². The molecule has 1 N–H and O–H groups in total. The lowest BCUT2D eigenvalue weighted by Crippen LogP contribution is -2.39. The van der Waals surface area contributed by atoms with Gasteiger partial charge < -0.3 is 9.88 Å². The van der Waals surface area contributed by atoms with Crippen LogP contribution in [0.2, 0.25) is 0 Å². The van der Waals surface area contributed by atoms with E-state index < -0.39 is 0 Å². The lowest BCUT2D eigenvalue weighted by molar-refractivity contribution is 0.156. The van der Waals surface area contributed by atoms with Crippen molar-refractivity contribution in [1.82, 2.24) is 19.8 Å². The van der Waals surface area contributed by atoms with E-state index >= 15 is 0 Å². The third kappa shape index (κ3) is 3.33. The van der Waals surface area contributed by atoms with Gasteiger partial charge in [0.15, 0.2) is 0 Å². The molecule has 1 unspecified atom stereocenters. The maximum Gasteiger partial charge on any atom is 0.140 e. The van der Waals surface area contributed by atoms with E-state index in [1.807, 2.05) is 7.05 Å². The highest BCUT2D eigenvalue weighted by Crippen LogP contribution is 2.30. The summed E-state index contributed by atoms with van der Waals surface area (Å²) in [5, 5.41) is 3.38. The van der Waals surface area contributed by atoms with Crippen LogP contribution in [0.5, 0.6) is 0 Å². The number of hydrogen-bond donors (Lipinski definition) is 1. The Hall–Kier alpha value is -1.65. The van der Waals surface area contributed by atoms with Crippen molar-refractivity contribution in [2.24, 2.45) is 7.05 Å². The molecule has 1 fully saturated rings. The maximum absolute atomic E-state index is 4.89. The molecule has 0 saturated carbocycles. The van der Waals surface area contributed by atoms with Gasteiger partial charge in [0.05, 0.1) is 17.4 Å². The third-order valence-electron chi connectivity index (χ3n) is 4.90. The Morgan fingerprint density at radius 1 is 1.13 bits per heavy atom. The topological polar surface area (TPSA) is 33.1 Å². The smallest absolute Gasteiger partial charge is 0.140 e. The Bertz CT molecular complexity index is 626. The molecule has 0 amide bonds. The standard InChI is InChI=1S/C19H28N4/c1-15-18(17(14-20-2)23-12-8-5-9-13-23)22(3)19(21-15)16-10-6-4-7-11-16/h4,6-7,10-11,17,20H,5,8-9,12-14H2,1-3H3. The number of imidazole rings is 1. The molecule has 23 heavy (non-hydrogen) atoms. The largest absolute Gasteiger partial charge is 0.329 e. The lowest BCUT2D eigenvalue weighted by atomic mass is 10.0. The second kappa shape index (κ2) is 7.28. The quantitative estimate of drug-likeness (QED) is 0.921. The first kappa shape index (κ1) is 16.2. The van der Waals surface area contributed by atoms with Crippen molar-refractivity contribution in [1.29, 1.82) is 0 Å². The van der Waals surface area contributed by atoms with Crippen molar-refractivity contribution >= 4 is 0 Å². The molecule has 2 aromatic rings. The van der Waals surface area contributed by atoms with Crippen LogP contribution in [-0.4, -0.2) is 41.1 Å². The number of aromatic nitrogens is 2. The van der Waals surface area contributed by atoms with Gasteiger partial charge in [-0.15, -0.1) is 0 Å². The first-order valence-corrected chi connectivity index (χ1v) is 8.69. The fourth-order valence-corrected chi connectivity index (χ4v) is 3.78. The van der Waals surface area contributed by atoms with Crippen LogP contribution in [0.15, 0.2) is 30.3 Å². The van der Waals surface area contributed by atoms with Gasteiger partial charge in [0, 0.05) is 19.2 Å². The summed E-state index contributed by atoms with van der Waals surface area (Å²) in [7, 11) is 4.20. The van der Waals surface area contributed by atoms with Crippen molar-refractivity contribution in [3.63, 3.8) is 0 Å². The molecule has 1 aromatic heterocycles. The second-order valence-electron chi connectivity index (χ2n) is 6.50. The van der Waals surface area contributed by atoms with E-state index in [9.17, 15) is 0 Å². The zero-order valence-electron chi connectivity index (χ0n) is 14.5. The number of rotatable bonds is 5. The molecular formula is C19H28N4. The van der Waals surface area contributed by atoms with Gasteiger partial charge in [-0.3, -0.25) is 4.90 Å². The summed E-state index contributed by atoms with van der Waals surface area (Å²) < 4.78 is 2.29. The zero-order valence-corrected chi connectivity index (χ0v) is 14.5. The molecule has 0 spiro atoms. The first-order valence-electron chi connectivity index (χ1n) is 8.69. The van der Waals surface area contributed by atoms with Crippen molar-refractivity contribution in [2.45, 2.75) is 32.2 Å². The van der Waals surface area contributed by atoms with Gasteiger partial charge in [0.25, 0.3) is 0 Å². The van der Waals surface area contributed by atoms with Crippen LogP contribution in [0.1, 0.15) is 36.7 Å². The molecular weight excluding hydrogens is 284 g/mol. The van der Waals surface area contributed by atoms with Crippen molar-refractivity contribution < 1.29 is 0 Å². The van der Waals surface area contributed by atoms with Crippen LogP contribution in [0.3, 0.4) is 0 Å². The molecule has 4 heteroatoms. The van der Waals surface area contributed by atoms with Gasteiger partial charge in [-0.05, 0) is 39.9 Å². The van der Waals surface area contributed by atoms with E-state index in [4.69, 9.17) is 4.98 Å². The summed E-state index contributed by atoms with van der Waals surface area (Å²) in [4.78, 5) is 7.51. The first-order chi connectivity index (χ1) is 11.2. The number of nitrogens with one attached hydrogen (secondary N) is 1. The summed E-state index contributed by atoms with van der Waals surface area (Å²) in [6, 6.07) is 10.9. The molecule has 1 aromatic carbocycles. The van der Waals surface area contributed by atoms with Crippen LogP contribution in [0.25, 0.3) is 11.4 Å². The van der Waals surface area contributed by atoms with Crippen LogP contribution in [-0.2, 0) is 7.05 Å². The molecule has 4 nitrogen and oxygen atoms in total. The minimum atomic E-state index is 0.398. The van der Waals surface area contributed by atoms with Crippen molar-refractivity contribution in [3.05, 3.63) is 41.7 Å². The Morgan fingerprint density at radius 3 is 2.48 bits per heavy atom. The highest BCUT2D eigenvalue weighted by molar-refractivity contribution is 5.56. The predicted molar refractivity (Wildman–Crippen MR) is 95.5 cm³/mol. The number of benzene rings is 1. The minimum absolute atomic E-state index is 0.398. The number of hydrogen-bond acceptors (Lipinski definition) is 3. The fraction of sp³-hybridized carbons (Fsp3) is 0.526. The summed E-state index contributed by atoms with van der Waals surface area (Å²) in [6.07, 6.45) is 3.98. The summed E-state index contributed by atoms with van der Waals surface area (Å²) in [5.41, 5.74) is 3.68. The van der Waals surface area contributed by atoms with E-state index in [0.717, 1.165) is 18.1 Å². The summed E-state index contributed by atoms with van der Waals surface area (Å²) in [6.45, 7) is 5.50. The normalized spacial score (nSPS) is 17.3. The molecule has 1 aliphatic heterocycles. The number of likely N-dealkylation sites (tertiary alicyclic amines) is 1. The van der Waals surface area contributed by atoms with Crippen molar-refractivity contribution in [3.8, 4) is 11.4 Å². The molecule has 3 rings (SSSR count). The average Bonchev–Trinajstić information content (AvgIpc) is 2.89. The van der Waals surface area contributed by atoms with E-state index in [1.54, 1.807) is 0 Å². The highest BCUT2D eigenvalue weighted by Gasteiger charge is 2.27. The minimum Gasteiger partial charge on any atom is -0.329 e. The SMILES string of the molecule is CNCC(c1c(C)nc(-c2ccccc2)n1C)N1CCCCC1. The zero-order chi connectivity index (χ0) is 16.2. The molecule has 0 bridgehead atoms. The molecule has 124 valence electrons. The molecule has 1 saturated heterocycles. The molecule has 2 heterocycles. The second-order valence-corrected chi connectivity index (χ2v) is 6.50. The molecule has 1 aliphatic rings. The van der Waals surface area contributed by atoms with Gasteiger partial charge in [-0.2, -0.15) is 0 Å². The van der Waals surface area contributed by atoms with Crippen LogP contribution in [0.4, 0.5) is 0 Å². The Balaban J connectivity index is 1.98. The van der Waals surface area contributed by atoms with Crippen molar-refractivity contribution in [2.75, 3.05) is 26.7 Å². The van der Waals surface area contributed by atoms with Gasteiger partial charge >= 0.3 is 0 Å². The highest BCUT2D eigenvalue weighted by atomic mass is 15.2. The van der Waals surface area contributed by atoms with Gasteiger partial charge in [0.1, 0.15) is 5.82 Å². The van der Waals surface area contributed by atoms with Gasteiger partial charge in [-0.1, -0.05) is 36.8 Å². The molecule has 0 radical (unpaired) electrons. The maximum atomic E-state index is 4.89. The molecule has 1 atom stereocenters. The molecule has 0 aliphatic carbocycles. The number of piperidine rings is 1. The number of nitrogens with zero attached hydrogens (tertiary/aromatic N) is 3. The van der Waals surface area contributed by atoms with E-state index in [0.29, 0.717) is 6.04 Å². The van der Waals surface area contributed by atoms with E-state index in [1.165, 1.54) is 43.6 Å². The van der Waals surface area contributed by atoms with Crippen LogP contribution >= 0.6 is 0 Å². The van der Waals surface area contributed by atoms with Gasteiger partial charge in [-0.25, -0.2) is 4.98 Å².